The molecule has 154 valence electrons. The highest BCUT2D eigenvalue weighted by Crippen LogP contribution is 2.49. The molecule has 2 aromatic carbocycles. The number of rotatable bonds is 7. The standard InChI is InChI=1S/C23H24F2O4/c1-2-16-13-14-17(15-20(26)28-18-9-5-3-6-10-18)21(16)23(24,25)22(27)29-19-11-7-4-8-12-19/h3-12,16-17,21H,2,13-15H2,1H3. The van der Waals surface area contributed by atoms with Crippen molar-refractivity contribution in [3.63, 3.8) is 0 Å². The summed E-state index contributed by atoms with van der Waals surface area (Å²) in [5.41, 5.74) is 0. The molecule has 3 unspecified atom stereocenters. The number of hydrogen-bond donors (Lipinski definition) is 0. The summed E-state index contributed by atoms with van der Waals surface area (Å²) in [4.78, 5) is 24.6. The third-order valence-corrected chi connectivity index (χ3v) is 5.50. The molecule has 3 rings (SSSR count). The fraction of sp³-hybridized carbons (Fsp3) is 0.391. The van der Waals surface area contributed by atoms with E-state index in [0.29, 0.717) is 25.0 Å². The lowest BCUT2D eigenvalue weighted by molar-refractivity contribution is -0.176. The van der Waals surface area contributed by atoms with E-state index in [2.05, 4.69) is 0 Å². The van der Waals surface area contributed by atoms with Crippen LogP contribution in [0.3, 0.4) is 0 Å². The van der Waals surface area contributed by atoms with Crippen molar-refractivity contribution >= 4 is 11.9 Å². The van der Waals surface area contributed by atoms with Gasteiger partial charge in [-0.05, 0) is 48.9 Å². The van der Waals surface area contributed by atoms with Gasteiger partial charge in [0.2, 0.25) is 0 Å². The van der Waals surface area contributed by atoms with Gasteiger partial charge in [0, 0.05) is 12.3 Å². The average Bonchev–Trinajstić information content (AvgIpc) is 3.12. The number of halogens is 2. The van der Waals surface area contributed by atoms with E-state index in [-0.39, 0.29) is 18.1 Å². The van der Waals surface area contributed by atoms with E-state index < -0.39 is 29.7 Å². The fourth-order valence-corrected chi connectivity index (χ4v) is 4.13. The van der Waals surface area contributed by atoms with Crippen LogP contribution in [0.4, 0.5) is 8.78 Å². The fourth-order valence-electron chi connectivity index (χ4n) is 4.13. The first-order chi connectivity index (χ1) is 13.9. The van der Waals surface area contributed by atoms with Crippen LogP contribution in [-0.2, 0) is 9.59 Å². The zero-order chi connectivity index (χ0) is 20.9. The zero-order valence-corrected chi connectivity index (χ0v) is 16.2. The van der Waals surface area contributed by atoms with E-state index in [0.717, 1.165) is 0 Å². The molecule has 0 amide bonds. The Morgan fingerprint density at radius 3 is 1.97 bits per heavy atom. The van der Waals surface area contributed by atoms with Crippen LogP contribution in [0.15, 0.2) is 60.7 Å². The van der Waals surface area contributed by atoms with Crippen molar-refractivity contribution < 1.29 is 27.8 Å². The Labute approximate surface area is 168 Å². The summed E-state index contributed by atoms with van der Waals surface area (Å²) in [6, 6.07) is 16.3. The predicted octanol–water partition coefficient (Wildman–Crippen LogP) is 5.28. The molecule has 1 aliphatic carbocycles. The average molecular weight is 402 g/mol. The molecule has 3 atom stereocenters. The summed E-state index contributed by atoms with van der Waals surface area (Å²) >= 11 is 0. The number of carbonyl (C=O) groups excluding carboxylic acids is 2. The summed E-state index contributed by atoms with van der Waals surface area (Å²) in [6.07, 6.45) is 1.33. The Kier molecular flexibility index (Phi) is 6.62. The Bertz CT molecular complexity index is 823. The van der Waals surface area contributed by atoms with E-state index in [1.807, 2.05) is 6.92 Å². The van der Waals surface area contributed by atoms with Gasteiger partial charge in [-0.15, -0.1) is 0 Å². The first-order valence-electron chi connectivity index (χ1n) is 9.82. The van der Waals surface area contributed by atoms with Gasteiger partial charge in [-0.3, -0.25) is 4.79 Å². The van der Waals surface area contributed by atoms with Crippen molar-refractivity contribution in [3.05, 3.63) is 60.7 Å². The van der Waals surface area contributed by atoms with Gasteiger partial charge in [0.1, 0.15) is 11.5 Å². The largest absolute Gasteiger partial charge is 0.427 e. The summed E-state index contributed by atoms with van der Waals surface area (Å²) < 4.78 is 40.5. The minimum atomic E-state index is -3.69. The Morgan fingerprint density at radius 1 is 0.897 bits per heavy atom. The normalized spacial score (nSPS) is 21.6. The number of ether oxygens (including phenoxy) is 2. The van der Waals surface area contributed by atoms with Crippen molar-refractivity contribution in [1.82, 2.24) is 0 Å². The highest BCUT2D eigenvalue weighted by atomic mass is 19.3. The van der Waals surface area contributed by atoms with Crippen LogP contribution in [0, 0.1) is 17.8 Å². The predicted molar refractivity (Wildman–Crippen MR) is 104 cm³/mol. The molecular weight excluding hydrogens is 378 g/mol. The molecule has 0 aliphatic heterocycles. The molecule has 1 aliphatic rings. The van der Waals surface area contributed by atoms with Crippen LogP contribution >= 0.6 is 0 Å². The lowest BCUT2D eigenvalue weighted by atomic mass is 9.81. The third-order valence-electron chi connectivity index (χ3n) is 5.50. The smallest absolute Gasteiger partial charge is 0.382 e. The monoisotopic (exact) mass is 402 g/mol. The van der Waals surface area contributed by atoms with Crippen molar-refractivity contribution in [2.45, 2.75) is 38.5 Å². The number of alkyl halides is 2. The molecule has 4 nitrogen and oxygen atoms in total. The lowest BCUT2D eigenvalue weighted by Gasteiger charge is -2.30. The quantitative estimate of drug-likeness (QED) is 0.467. The number of carbonyl (C=O) groups is 2. The molecule has 0 N–H and O–H groups in total. The van der Waals surface area contributed by atoms with Gasteiger partial charge < -0.3 is 9.47 Å². The topological polar surface area (TPSA) is 52.6 Å². The molecule has 0 aromatic heterocycles. The van der Waals surface area contributed by atoms with E-state index in [1.165, 1.54) is 12.1 Å². The van der Waals surface area contributed by atoms with E-state index in [9.17, 15) is 9.59 Å². The van der Waals surface area contributed by atoms with Gasteiger partial charge in [0.05, 0.1) is 0 Å². The maximum Gasteiger partial charge on any atom is 0.382 e. The number of hydrogen-bond acceptors (Lipinski definition) is 4. The second-order valence-corrected chi connectivity index (χ2v) is 7.35. The van der Waals surface area contributed by atoms with Crippen molar-refractivity contribution in [2.75, 3.05) is 0 Å². The van der Waals surface area contributed by atoms with Gasteiger partial charge in [0.15, 0.2) is 0 Å². The lowest BCUT2D eigenvalue weighted by Crippen LogP contribution is -2.45. The number of esters is 2. The van der Waals surface area contributed by atoms with Gasteiger partial charge >= 0.3 is 17.9 Å². The summed E-state index contributed by atoms with van der Waals surface area (Å²) in [6.45, 7) is 1.82. The van der Waals surface area contributed by atoms with E-state index in [4.69, 9.17) is 9.47 Å². The highest BCUT2D eigenvalue weighted by Gasteiger charge is 2.57. The molecule has 2 aromatic rings. The van der Waals surface area contributed by atoms with Crippen LogP contribution in [0.2, 0.25) is 0 Å². The van der Waals surface area contributed by atoms with Crippen LogP contribution in [0.1, 0.15) is 32.6 Å². The first kappa shape index (κ1) is 21.0. The molecular formula is C23H24F2O4. The summed E-state index contributed by atoms with van der Waals surface area (Å²) in [7, 11) is 0. The molecule has 0 saturated heterocycles. The second kappa shape index (κ2) is 9.16. The van der Waals surface area contributed by atoms with Crippen molar-refractivity contribution in [1.29, 1.82) is 0 Å². The van der Waals surface area contributed by atoms with Crippen molar-refractivity contribution in [3.8, 4) is 11.5 Å². The Hall–Kier alpha value is -2.76. The van der Waals surface area contributed by atoms with Crippen LogP contribution in [0.25, 0.3) is 0 Å². The highest BCUT2D eigenvalue weighted by molar-refractivity contribution is 5.80. The second-order valence-electron chi connectivity index (χ2n) is 7.35. The molecule has 1 fully saturated rings. The van der Waals surface area contributed by atoms with Gasteiger partial charge in [-0.2, -0.15) is 8.78 Å². The third kappa shape index (κ3) is 5.00. The number of benzene rings is 2. The van der Waals surface area contributed by atoms with E-state index in [1.54, 1.807) is 48.5 Å². The molecule has 0 heterocycles. The van der Waals surface area contributed by atoms with Crippen LogP contribution < -0.4 is 9.47 Å². The van der Waals surface area contributed by atoms with Gasteiger partial charge in [-0.25, -0.2) is 4.79 Å². The first-order valence-corrected chi connectivity index (χ1v) is 9.82. The summed E-state index contributed by atoms with van der Waals surface area (Å²) in [5, 5.41) is 0. The van der Waals surface area contributed by atoms with Crippen LogP contribution in [-0.4, -0.2) is 17.9 Å². The SMILES string of the molecule is CCC1CCC(CC(=O)Oc2ccccc2)C1C(F)(F)C(=O)Oc1ccccc1. The Morgan fingerprint density at radius 2 is 1.41 bits per heavy atom. The Balaban J connectivity index is 1.72. The maximum absolute atomic E-state index is 15.1. The minimum absolute atomic E-state index is 0.0725. The maximum atomic E-state index is 15.1. The number of para-hydroxylation sites is 2. The van der Waals surface area contributed by atoms with Crippen LogP contribution in [0.5, 0.6) is 11.5 Å². The molecule has 0 bridgehead atoms. The zero-order valence-electron chi connectivity index (χ0n) is 16.2. The molecule has 6 heteroatoms. The summed E-state index contributed by atoms with van der Waals surface area (Å²) in [5.74, 6) is -7.65. The van der Waals surface area contributed by atoms with Crippen molar-refractivity contribution in [2.24, 2.45) is 17.8 Å². The molecule has 1 saturated carbocycles. The molecule has 0 spiro atoms. The van der Waals surface area contributed by atoms with E-state index >= 15 is 8.78 Å². The molecule has 0 radical (unpaired) electrons. The van der Waals surface area contributed by atoms with Gasteiger partial charge in [0.25, 0.3) is 0 Å². The van der Waals surface area contributed by atoms with Gasteiger partial charge in [-0.1, -0.05) is 49.7 Å². The minimum Gasteiger partial charge on any atom is -0.427 e. The molecule has 29 heavy (non-hydrogen) atoms.